The molecule has 0 saturated heterocycles. The molecule has 1 aliphatic rings. The number of nitrogens with two attached hydrogens (primary N) is 1. The molecule has 5 nitrogen and oxygen atoms in total. The Labute approximate surface area is 107 Å². The average Bonchev–Trinajstić information content (AvgIpc) is 2.36. The summed E-state index contributed by atoms with van der Waals surface area (Å²) in [5.41, 5.74) is 6.35. The topological polar surface area (TPSA) is 66.6 Å². The van der Waals surface area contributed by atoms with E-state index in [1.54, 1.807) is 26.5 Å². The van der Waals surface area contributed by atoms with E-state index in [2.05, 4.69) is 4.98 Å². The highest BCUT2D eigenvalue weighted by molar-refractivity contribution is 5.42. The van der Waals surface area contributed by atoms with Crippen molar-refractivity contribution in [2.75, 3.05) is 20.8 Å². The van der Waals surface area contributed by atoms with Gasteiger partial charge in [-0.3, -0.25) is 4.98 Å². The molecular formula is C13H20N2O3. The molecule has 5 heteroatoms. The van der Waals surface area contributed by atoms with Crippen LogP contribution in [0.3, 0.4) is 0 Å². The lowest BCUT2D eigenvalue weighted by molar-refractivity contribution is -0.0393. The van der Waals surface area contributed by atoms with Crippen molar-refractivity contribution < 1.29 is 14.2 Å². The number of ether oxygens (including phenoxy) is 3. The number of aromatic nitrogens is 1. The van der Waals surface area contributed by atoms with Crippen LogP contribution in [0.25, 0.3) is 0 Å². The van der Waals surface area contributed by atoms with Gasteiger partial charge in [0, 0.05) is 12.3 Å². The fraction of sp³-hybridized carbons (Fsp3) is 0.615. The van der Waals surface area contributed by atoms with Crippen molar-refractivity contribution in [3.63, 3.8) is 0 Å². The molecule has 0 aromatic carbocycles. The number of hydrogen-bond acceptors (Lipinski definition) is 5. The minimum atomic E-state index is 0.302. The van der Waals surface area contributed by atoms with Crippen molar-refractivity contribution in [3.05, 3.63) is 18.0 Å². The summed E-state index contributed by atoms with van der Waals surface area (Å²) in [4.78, 5) is 4.27. The summed E-state index contributed by atoms with van der Waals surface area (Å²) in [6, 6.07) is 1.77. The summed E-state index contributed by atoms with van der Waals surface area (Å²) in [5.74, 6) is 1.95. The highest BCUT2D eigenvalue weighted by Crippen LogP contribution is 2.33. The molecule has 1 aromatic heterocycles. The first-order valence-electron chi connectivity index (χ1n) is 6.16. The van der Waals surface area contributed by atoms with E-state index in [9.17, 15) is 0 Å². The summed E-state index contributed by atoms with van der Waals surface area (Å²) in [6.45, 7) is 1.20. The van der Waals surface area contributed by atoms with E-state index in [1.165, 1.54) is 0 Å². The molecule has 100 valence electrons. The Morgan fingerprint density at radius 2 is 2.11 bits per heavy atom. The van der Waals surface area contributed by atoms with E-state index in [-0.39, 0.29) is 0 Å². The molecule has 0 unspecified atom stereocenters. The van der Waals surface area contributed by atoms with Gasteiger partial charge in [0.15, 0.2) is 11.5 Å². The monoisotopic (exact) mass is 252 g/mol. The van der Waals surface area contributed by atoms with E-state index in [0.717, 1.165) is 25.1 Å². The third kappa shape index (κ3) is 2.73. The Morgan fingerprint density at radius 3 is 2.72 bits per heavy atom. The van der Waals surface area contributed by atoms with Gasteiger partial charge in [0.25, 0.3) is 0 Å². The van der Waals surface area contributed by atoms with Crippen molar-refractivity contribution >= 4 is 0 Å². The van der Waals surface area contributed by atoms with E-state index in [4.69, 9.17) is 19.9 Å². The molecule has 0 spiro atoms. The minimum Gasteiger partial charge on any atom is -0.493 e. The Bertz CT molecular complexity index is 392. The number of rotatable bonds is 6. The molecule has 1 aliphatic carbocycles. The van der Waals surface area contributed by atoms with Crippen LogP contribution >= 0.6 is 0 Å². The van der Waals surface area contributed by atoms with E-state index in [0.29, 0.717) is 30.1 Å². The van der Waals surface area contributed by atoms with Crippen LogP contribution < -0.4 is 15.2 Å². The molecule has 0 atom stereocenters. The van der Waals surface area contributed by atoms with Crippen molar-refractivity contribution in [3.8, 4) is 11.5 Å². The first-order chi connectivity index (χ1) is 8.78. The average molecular weight is 252 g/mol. The Morgan fingerprint density at radius 1 is 1.33 bits per heavy atom. The molecule has 0 amide bonds. The lowest BCUT2D eigenvalue weighted by Gasteiger charge is -2.34. The third-order valence-electron chi connectivity index (χ3n) is 3.35. The molecule has 0 bridgehead atoms. The molecule has 1 fully saturated rings. The fourth-order valence-electron chi connectivity index (χ4n) is 2.15. The second kappa shape index (κ2) is 6.02. The lowest BCUT2D eigenvalue weighted by Crippen LogP contribution is -2.35. The number of hydrogen-bond donors (Lipinski definition) is 1. The Balaban J connectivity index is 1.93. The maximum absolute atomic E-state index is 5.78. The van der Waals surface area contributed by atoms with Crippen LogP contribution in [0.5, 0.6) is 11.5 Å². The molecule has 2 N–H and O–H groups in total. The maximum Gasteiger partial charge on any atom is 0.184 e. The summed E-state index contributed by atoms with van der Waals surface area (Å²) in [6.07, 6.45) is 4.09. The number of pyridine rings is 1. The SMILES string of the molecule is COc1ccnc(COC2CC(CN)C2)c1OC. The van der Waals surface area contributed by atoms with E-state index >= 15 is 0 Å². The zero-order valence-electron chi connectivity index (χ0n) is 10.9. The predicted molar refractivity (Wildman–Crippen MR) is 67.7 cm³/mol. The summed E-state index contributed by atoms with van der Waals surface area (Å²) in [7, 11) is 3.22. The predicted octanol–water partition coefficient (Wildman–Crippen LogP) is 1.35. The van der Waals surface area contributed by atoms with Gasteiger partial charge in [0.1, 0.15) is 5.69 Å². The Hall–Kier alpha value is -1.33. The molecule has 1 heterocycles. The van der Waals surface area contributed by atoms with Crippen LogP contribution in [0.15, 0.2) is 12.3 Å². The lowest BCUT2D eigenvalue weighted by atomic mass is 9.82. The summed E-state index contributed by atoms with van der Waals surface area (Å²) in [5, 5.41) is 0. The smallest absolute Gasteiger partial charge is 0.184 e. The Kier molecular flexibility index (Phi) is 4.38. The van der Waals surface area contributed by atoms with Gasteiger partial charge in [-0.05, 0) is 25.3 Å². The highest BCUT2D eigenvalue weighted by Gasteiger charge is 2.29. The van der Waals surface area contributed by atoms with Crippen LogP contribution in [0.1, 0.15) is 18.5 Å². The van der Waals surface area contributed by atoms with E-state index < -0.39 is 0 Å². The molecular weight excluding hydrogens is 232 g/mol. The largest absolute Gasteiger partial charge is 0.493 e. The second-order valence-corrected chi connectivity index (χ2v) is 4.50. The molecule has 1 aromatic rings. The van der Waals surface area contributed by atoms with Crippen LogP contribution in [-0.2, 0) is 11.3 Å². The van der Waals surface area contributed by atoms with Gasteiger partial charge >= 0.3 is 0 Å². The molecule has 2 rings (SSSR count). The van der Waals surface area contributed by atoms with Crippen molar-refractivity contribution in [2.45, 2.75) is 25.6 Å². The summed E-state index contributed by atoms with van der Waals surface area (Å²) < 4.78 is 16.3. The standard InChI is InChI=1S/C13H20N2O3/c1-16-12-3-4-15-11(13(12)17-2)8-18-10-5-9(6-10)7-14/h3-4,9-10H,5-8,14H2,1-2H3. The quantitative estimate of drug-likeness (QED) is 0.828. The molecule has 0 radical (unpaired) electrons. The van der Waals surface area contributed by atoms with Crippen molar-refractivity contribution in [1.29, 1.82) is 0 Å². The van der Waals surface area contributed by atoms with Gasteiger partial charge in [-0.15, -0.1) is 0 Å². The fourth-order valence-corrected chi connectivity index (χ4v) is 2.15. The molecule has 1 saturated carbocycles. The maximum atomic E-state index is 5.78. The van der Waals surface area contributed by atoms with Crippen LogP contribution in [0, 0.1) is 5.92 Å². The van der Waals surface area contributed by atoms with Crippen molar-refractivity contribution in [1.82, 2.24) is 4.98 Å². The van der Waals surface area contributed by atoms with Gasteiger partial charge in [-0.25, -0.2) is 0 Å². The van der Waals surface area contributed by atoms with Gasteiger partial charge in [-0.1, -0.05) is 0 Å². The number of nitrogens with zero attached hydrogens (tertiary/aromatic N) is 1. The normalized spacial score (nSPS) is 22.4. The van der Waals surface area contributed by atoms with Crippen LogP contribution in [-0.4, -0.2) is 31.9 Å². The third-order valence-corrected chi connectivity index (χ3v) is 3.35. The van der Waals surface area contributed by atoms with Gasteiger partial charge in [0.2, 0.25) is 0 Å². The zero-order valence-corrected chi connectivity index (χ0v) is 10.9. The molecule has 0 aliphatic heterocycles. The van der Waals surface area contributed by atoms with Crippen molar-refractivity contribution in [2.24, 2.45) is 11.7 Å². The zero-order chi connectivity index (χ0) is 13.0. The van der Waals surface area contributed by atoms with Gasteiger partial charge < -0.3 is 19.9 Å². The summed E-state index contributed by atoms with van der Waals surface area (Å²) >= 11 is 0. The van der Waals surface area contributed by atoms with Crippen LogP contribution in [0.4, 0.5) is 0 Å². The van der Waals surface area contributed by atoms with Gasteiger partial charge in [0.05, 0.1) is 26.9 Å². The molecule has 18 heavy (non-hydrogen) atoms. The van der Waals surface area contributed by atoms with E-state index in [1.807, 2.05) is 0 Å². The highest BCUT2D eigenvalue weighted by atomic mass is 16.5. The first-order valence-corrected chi connectivity index (χ1v) is 6.16. The van der Waals surface area contributed by atoms with Crippen LogP contribution in [0.2, 0.25) is 0 Å². The minimum absolute atomic E-state index is 0.302. The number of methoxy groups -OCH3 is 2. The first kappa shape index (κ1) is 13.1. The van der Waals surface area contributed by atoms with Gasteiger partial charge in [-0.2, -0.15) is 0 Å². The second-order valence-electron chi connectivity index (χ2n) is 4.50.